The molecule has 1 heterocycles. The molecule has 3 rings (SSSR count). The van der Waals surface area contributed by atoms with Gasteiger partial charge in [0.1, 0.15) is 17.1 Å². The maximum atomic E-state index is 6.36. The van der Waals surface area contributed by atoms with Crippen LogP contribution >= 0.6 is 11.6 Å². The van der Waals surface area contributed by atoms with Crippen LogP contribution in [0.15, 0.2) is 18.2 Å². The number of imidazole rings is 1. The van der Waals surface area contributed by atoms with Gasteiger partial charge in [-0.3, -0.25) is 0 Å². The Labute approximate surface area is 131 Å². The molecule has 1 aromatic carbocycles. The van der Waals surface area contributed by atoms with Gasteiger partial charge >= 0.3 is 0 Å². The summed E-state index contributed by atoms with van der Waals surface area (Å²) in [5.41, 5.74) is 2.49. The van der Waals surface area contributed by atoms with Crippen molar-refractivity contribution in [1.82, 2.24) is 9.55 Å². The Balaban J connectivity index is 2.08. The van der Waals surface area contributed by atoms with E-state index in [2.05, 4.69) is 24.5 Å². The number of alkyl halides is 1. The first-order chi connectivity index (χ1) is 10.0. The number of aromatic nitrogens is 2. The predicted molar refractivity (Wildman–Crippen MR) is 87.1 cm³/mol. The summed E-state index contributed by atoms with van der Waals surface area (Å²) in [6, 6.07) is 6.16. The minimum Gasteiger partial charge on any atom is -0.491 e. The summed E-state index contributed by atoms with van der Waals surface area (Å²) in [6.07, 6.45) is 3.57. The molecule has 1 saturated carbocycles. The fraction of sp³-hybridized carbons (Fsp3) is 0.588. The third-order valence-corrected chi connectivity index (χ3v) is 4.43. The molecule has 1 fully saturated rings. The molecular formula is C17H23ClN2O. The van der Waals surface area contributed by atoms with Crippen LogP contribution in [0.25, 0.3) is 11.0 Å². The van der Waals surface area contributed by atoms with Gasteiger partial charge in [-0.1, -0.05) is 19.9 Å². The summed E-state index contributed by atoms with van der Waals surface area (Å²) in [4.78, 5) is 4.78. The Bertz CT molecular complexity index is 644. The van der Waals surface area contributed by atoms with E-state index in [0.29, 0.717) is 5.41 Å². The minimum absolute atomic E-state index is 0.0984. The van der Waals surface area contributed by atoms with Gasteiger partial charge in [0, 0.05) is 6.54 Å². The van der Waals surface area contributed by atoms with Gasteiger partial charge in [0.2, 0.25) is 0 Å². The lowest BCUT2D eigenvalue weighted by molar-refractivity contribution is 0.320. The third kappa shape index (κ3) is 2.89. The van der Waals surface area contributed by atoms with Gasteiger partial charge in [-0.15, -0.1) is 11.6 Å². The van der Waals surface area contributed by atoms with Crippen molar-refractivity contribution in [3.63, 3.8) is 0 Å². The number of fused-ring (bicyclic) bond motifs is 1. The molecule has 3 nitrogen and oxygen atoms in total. The third-order valence-electron chi connectivity index (χ3n) is 4.23. The van der Waals surface area contributed by atoms with E-state index in [4.69, 9.17) is 21.3 Å². The second kappa shape index (κ2) is 5.53. The Morgan fingerprint density at radius 2 is 2.19 bits per heavy atom. The molecule has 0 amide bonds. The van der Waals surface area contributed by atoms with Crippen molar-refractivity contribution in [1.29, 1.82) is 0 Å². The highest BCUT2D eigenvalue weighted by Crippen LogP contribution is 2.47. The van der Waals surface area contributed by atoms with E-state index < -0.39 is 0 Å². The Kier molecular flexibility index (Phi) is 3.87. The van der Waals surface area contributed by atoms with E-state index in [1.54, 1.807) is 0 Å². The molecule has 0 spiro atoms. The molecule has 4 heteroatoms. The van der Waals surface area contributed by atoms with Gasteiger partial charge in [0.15, 0.2) is 0 Å². The molecule has 1 aliphatic rings. The smallest absolute Gasteiger partial charge is 0.147 e. The predicted octanol–water partition coefficient (Wildman–Crippen LogP) is 4.93. The zero-order valence-electron chi connectivity index (χ0n) is 13.0. The summed E-state index contributed by atoms with van der Waals surface area (Å²) in [5.74, 6) is 1.82. The van der Waals surface area contributed by atoms with Crippen molar-refractivity contribution in [3.05, 3.63) is 24.0 Å². The van der Waals surface area contributed by atoms with Crippen LogP contribution in [0, 0.1) is 5.41 Å². The zero-order chi connectivity index (χ0) is 15.0. The second-order valence-corrected chi connectivity index (χ2v) is 7.11. The molecule has 0 N–H and O–H groups in total. The first-order valence-electron chi connectivity index (χ1n) is 7.80. The normalized spacial score (nSPS) is 17.9. The van der Waals surface area contributed by atoms with Crippen LogP contribution in [-0.4, -0.2) is 16.2 Å². The van der Waals surface area contributed by atoms with E-state index in [1.165, 1.54) is 12.8 Å². The van der Waals surface area contributed by atoms with E-state index in [1.807, 2.05) is 19.1 Å². The molecule has 1 atom stereocenters. The van der Waals surface area contributed by atoms with E-state index in [0.717, 1.165) is 42.2 Å². The van der Waals surface area contributed by atoms with Crippen molar-refractivity contribution >= 4 is 22.6 Å². The second-order valence-electron chi connectivity index (χ2n) is 6.46. The first kappa shape index (κ1) is 14.7. The number of hydrogen-bond donors (Lipinski definition) is 0. The van der Waals surface area contributed by atoms with Gasteiger partial charge in [0.25, 0.3) is 0 Å². The lowest BCUT2D eigenvalue weighted by Gasteiger charge is -2.15. The van der Waals surface area contributed by atoms with Crippen molar-refractivity contribution < 1.29 is 4.74 Å². The average Bonchev–Trinajstić information content (AvgIpc) is 3.06. The number of halogens is 1. The lowest BCUT2D eigenvalue weighted by Crippen LogP contribution is -2.11. The maximum absolute atomic E-state index is 6.36. The van der Waals surface area contributed by atoms with Crippen LogP contribution in [0.5, 0.6) is 5.75 Å². The molecule has 0 saturated heterocycles. The number of rotatable bonds is 6. The summed E-state index contributed by atoms with van der Waals surface area (Å²) in [5, 5.41) is -0.0984. The SMILES string of the molecule is CCCOc1cccc2c1nc(C(C)Cl)n2CC1(C)CC1. The van der Waals surface area contributed by atoms with Crippen LogP contribution in [0.3, 0.4) is 0 Å². The summed E-state index contributed by atoms with van der Waals surface area (Å²) in [7, 11) is 0. The molecular weight excluding hydrogens is 284 g/mol. The van der Waals surface area contributed by atoms with Crippen LogP contribution in [0.2, 0.25) is 0 Å². The maximum Gasteiger partial charge on any atom is 0.147 e. The number of benzene rings is 1. The molecule has 0 radical (unpaired) electrons. The molecule has 21 heavy (non-hydrogen) atoms. The summed E-state index contributed by atoms with van der Waals surface area (Å²) in [6.45, 7) is 8.14. The van der Waals surface area contributed by atoms with Gasteiger partial charge in [-0.05, 0) is 43.7 Å². The molecule has 1 aliphatic carbocycles. The van der Waals surface area contributed by atoms with E-state index in [-0.39, 0.29) is 5.38 Å². The zero-order valence-corrected chi connectivity index (χ0v) is 13.8. The van der Waals surface area contributed by atoms with Crippen LogP contribution in [-0.2, 0) is 6.54 Å². The molecule has 0 aliphatic heterocycles. The summed E-state index contributed by atoms with van der Waals surface area (Å²) >= 11 is 6.36. The monoisotopic (exact) mass is 306 g/mol. The standard InChI is InChI=1S/C17H23ClN2O/c1-4-10-21-14-7-5-6-13-15(14)19-16(12(2)18)20(13)11-17(3)8-9-17/h5-7,12H,4,8-11H2,1-3H3. The topological polar surface area (TPSA) is 27.1 Å². The fourth-order valence-electron chi connectivity index (χ4n) is 2.69. The number of para-hydroxylation sites is 1. The van der Waals surface area contributed by atoms with Gasteiger partial charge in [-0.2, -0.15) is 0 Å². The van der Waals surface area contributed by atoms with Gasteiger partial charge in [0.05, 0.1) is 17.5 Å². The Morgan fingerprint density at radius 1 is 1.43 bits per heavy atom. The van der Waals surface area contributed by atoms with Crippen LogP contribution < -0.4 is 4.74 Å². The largest absolute Gasteiger partial charge is 0.491 e. The highest BCUT2D eigenvalue weighted by Gasteiger charge is 2.38. The summed E-state index contributed by atoms with van der Waals surface area (Å²) < 4.78 is 8.13. The molecule has 0 bridgehead atoms. The number of ether oxygens (including phenoxy) is 1. The van der Waals surface area contributed by atoms with Crippen molar-refractivity contribution in [2.75, 3.05) is 6.61 Å². The molecule has 1 unspecified atom stereocenters. The van der Waals surface area contributed by atoms with Crippen molar-refractivity contribution in [2.45, 2.75) is 52.0 Å². The lowest BCUT2D eigenvalue weighted by atomic mass is 10.1. The Morgan fingerprint density at radius 3 is 2.81 bits per heavy atom. The van der Waals surface area contributed by atoms with Gasteiger partial charge < -0.3 is 9.30 Å². The number of nitrogens with zero attached hydrogens (tertiary/aromatic N) is 2. The Hall–Kier alpha value is -1.22. The average molecular weight is 307 g/mol. The highest BCUT2D eigenvalue weighted by atomic mass is 35.5. The van der Waals surface area contributed by atoms with Crippen LogP contribution in [0.4, 0.5) is 0 Å². The van der Waals surface area contributed by atoms with Crippen molar-refractivity contribution in [2.24, 2.45) is 5.41 Å². The van der Waals surface area contributed by atoms with Crippen LogP contribution in [0.1, 0.15) is 51.2 Å². The molecule has 1 aromatic heterocycles. The van der Waals surface area contributed by atoms with E-state index >= 15 is 0 Å². The fourth-order valence-corrected chi connectivity index (χ4v) is 2.86. The van der Waals surface area contributed by atoms with Gasteiger partial charge in [-0.25, -0.2) is 4.98 Å². The first-order valence-corrected chi connectivity index (χ1v) is 8.24. The van der Waals surface area contributed by atoms with E-state index in [9.17, 15) is 0 Å². The quantitative estimate of drug-likeness (QED) is 0.708. The van der Waals surface area contributed by atoms with Crippen molar-refractivity contribution in [3.8, 4) is 5.75 Å². The molecule has 2 aromatic rings. The minimum atomic E-state index is -0.0984. The molecule has 114 valence electrons. The number of hydrogen-bond acceptors (Lipinski definition) is 2. The highest BCUT2D eigenvalue weighted by molar-refractivity contribution is 6.20.